The van der Waals surface area contributed by atoms with Crippen molar-refractivity contribution in [2.45, 2.75) is 32.1 Å². The summed E-state index contributed by atoms with van der Waals surface area (Å²) < 4.78 is 0. The average molecular weight is 353 g/mol. The lowest BCUT2D eigenvalue weighted by atomic mass is 10.2. The number of likely N-dealkylation sites (tertiary alicyclic amines) is 1. The van der Waals surface area contributed by atoms with Gasteiger partial charge in [0, 0.05) is 65.1 Å². The molecule has 0 aromatic rings. The number of carbonyl (C=O) groups is 4. The summed E-state index contributed by atoms with van der Waals surface area (Å²) in [6.07, 6.45) is 2.54. The van der Waals surface area contributed by atoms with E-state index >= 15 is 0 Å². The third-order valence-corrected chi connectivity index (χ3v) is 4.33. The lowest BCUT2D eigenvalue weighted by Gasteiger charge is -2.15. The smallest absolute Gasteiger partial charge is 0.317 e. The molecule has 140 valence electrons. The van der Waals surface area contributed by atoms with Crippen molar-refractivity contribution in [3.63, 3.8) is 0 Å². The second-order valence-electron chi connectivity index (χ2n) is 6.26. The molecule has 2 aliphatic rings. The van der Waals surface area contributed by atoms with Crippen molar-refractivity contribution in [1.29, 1.82) is 0 Å². The molecule has 3 N–H and O–H groups in total. The molecule has 0 aromatic heterocycles. The van der Waals surface area contributed by atoms with Crippen LogP contribution in [0.5, 0.6) is 0 Å². The molecule has 0 aromatic carbocycles. The van der Waals surface area contributed by atoms with Crippen molar-refractivity contribution in [1.82, 2.24) is 25.8 Å². The highest BCUT2D eigenvalue weighted by atomic mass is 16.2. The van der Waals surface area contributed by atoms with Gasteiger partial charge in [-0.1, -0.05) is 0 Å². The van der Waals surface area contributed by atoms with Crippen molar-refractivity contribution in [2.75, 3.05) is 45.8 Å². The summed E-state index contributed by atoms with van der Waals surface area (Å²) in [5, 5.41) is 8.23. The third kappa shape index (κ3) is 6.60. The summed E-state index contributed by atoms with van der Waals surface area (Å²) in [7, 11) is 0. The zero-order chi connectivity index (χ0) is 18.1. The van der Waals surface area contributed by atoms with Gasteiger partial charge in [0.1, 0.15) is 0 Å². The Balaban J connectivity index is 1.45. The summed E-state index contributed by atoms with van der Waals surface area (Å²) in [6, 6.07) is -0.0958. The molecule has 0 unspecified atom stereocenters. The highest BCUT2D eigenvalue weighted by Gasteiger charge is 2.20. The maximum absolute atomic E-state index is 11.7. The van der Waals surface area contributed by atoms with Crippen LogP contribution in [0.3, 0.4) is 0 Å². The number of nitrogens with one attached hydrogen (secondary N) is 3. The minimum Gasteiger partial charge on any atom is -0.354 e. The van der Waals surface area contributed by atoms with E-state index in [1.165, 1.54) is 0 Å². The topological polar surface area (TPSA) is 111 Å². The van der Waals surface area contributed by atoms with Gasteiger partial charge in [0.2, 0.25) is 17.7 Å². The maximum Gasteiger partial charge on any atom is 0.317 e. The van der Waals surface area contributed by atoms with E-state index in [2.05, 4.69) is 16.0 Å². The van der Waals surface area contributed by atoms with E-state index in [-0.39, 0.29) is 36.6 Å². The van der Waals surface area contributed by atoms with Crippen LogP contribution in [0.25, 0.3) is 0 Å². The van der Waals surface area contributed by atoms with Gasteiger partial charge >= 0.3 is 6.03 Å². The van der Waals surface area contributed by atoms with Crippen LogP contribution in [-0.2, 0) is 14.4 Å². The van der Waals surface area contributed by atoms with E-state index in [1.54, 1.807) is 9.80 Å². The molecule has 25 heavy (non-hydrogen) atoms. The maximum atomic E-state index is 11.7. The Hall–Kier alpha value is -2.32. The highest BCUT2D eigenvalue weighted by Crippen LogP contribution is 2.08. The Morgan fingerprint density at radius 2 is 1.60 bits per heavy atom. The molecule has 9 nitrogen and oxygen atoms in total. The molecule has 2 heterocycles. The van der Waals surface area contributed by atoms with Crippen LogP contribution in [0.2, 0.25) is 0 Å². The third-order valence-electron chi connectivity index (χ3n) is 4.33. The van der Waals surface area contributed by atoms with E-state index in [1.807, 2.05) is 0 Å². The molecule has 2 aliphatic heterocycles. The summed E-state index contributed by atoms with van der Waals surface area (Å²) in [5.41, 5.74) is 0. The molecule has 0 bridgehead atoms. The van der Waals surface area contributed by atoms with Crippen LogP contribution in [0.15, 0.2) is 0 Å². The van der Waals surface area contributed by atoms with Gasteiger partial charge in [0.05, 0.1) is 0 Å². The molecule has 5 amide bonds. The fourth-order valence-corrected chi connectivity index (χ4v) is 2.91. The number of hydrogen-bond acceptors (Lipinski definition) is 4. The predicted octanol–water partition coefficient (Wildman–Crippen LogP) is -0.963. The van der Waals surface area contributed by atoms with Gasteiger partial charge in [-0.15, -0.1) is 0 Å². The number of amides is 5. The first kappa shape index (κ1) is 19.0. The number of rotatable bonds is 10. The molecule has 9 heteroatoms. The van der Waals surface area contributed by atoms with Gasteiger partial charge in [-0.25, -0.2) is 4.79 Å². The molecule has 0 spiro atoms. The van der Waals surface area contributed by atoms with Gasteiger partial charge < -0.3 is 25.8 Å². The van der Waals surface area contributed by atoms with Gasteiger partial charge in [-0.3, -0.25) is 14.4 Å². The van der Waals surface area contributed by atoms with E-state index in [0.29, 0.717) is 52.1 Å². The van der Waals surface area contributed by atoms with Gasteiger partial charge in [0.25, 0.3) is 0 Å². The predicted molar refractivity (Wildman–Crippen MR) is 90.7 cm³/mol. The van der Waals surface area contributed by atoms with Crippen molar-refractivity contribution in [2.24, 2.45) is 0 Å². The van der Waals surface area contributed by atoms with Crippen molar-refractivity contribution < 1.29 is 19.2 Å². The average Bonchev–Trinajstić information content (AvgIpc) is 3.16. The summed E-state index contributed by atoms with van der Waals surface area (Å²) in [5.74, 6) is -0.0689. The summed E-state index contributed by atoms with van der Waals surface area (Å²) >= 11 is 0. The summed E-state index contributed by atoms with van der Waals surface area (Å²) in [4.78, 5) is 49.6. The molecule has 0 radical (unpaired) electrons. The Kier molecular flexibility index (Phi) is 7.49. The second-order valence-corrected chi connectivity index (χ2v) is 6.26. The van der Waals surface area contributed by atoms with Crippen LogP contribution in [0.4, 0.5) is 4.79 Å². The SMILES string of the molecule is O=C(CCCC(=O)NCCN1CCNC1=O)NCCN1CCCC1=O. The Morgan fingerprint density at radius 3 is 2.12 bits per heavy atom. The van der Waals surface area contributed by atoms with E-state index in [9.17, 15) is 19.2 Å². The monoisotopic (exact) mass is 353 g/mol. The first-order valence-electron chi connectivity index (χ1n) is 8.90. The fraction of sp³-hybridized carbons (Fsp3) is 0.750. The number of urea groups is 1. The van der Waals surface area contributed by atoms with Crippen LogP contribution in [0.1, 0.15) is 32.1 Å². The second kappa shape index (κ2) is 9.85. The van der Waals surface area contributed by atoms with Crippen LogP contribution in [0, 0.1) is 0 Å². The van der Waals surface area contributed by atoms with Crippen molar-refractivity contribution in [3.05, 3.63) is 0 Å². The van der Waals surface area contributed by atoms with Gasteiger partial charge in [-0.2, -0.15) is 0 Å². The van der Waals surface area contributed by atoms with Gasteiger partial charge in [0.15, 0.2) is 0 Å². The Bertz CT molecular complexity index is 467. The zero-order valence-corrected chi connectivity index (χ0v) is 14.5. The number of hydrogen-bond donors (Lipinski definition) is 3. The number of nitrogens with zero attached hydrogens (tertiary/aromatic N) is 2. The standard InChI is InChI=1S/C16H27N5O4/c22-13(17-6-10-20-9-2-5-15(20)24)3-1-4-14(23)18-7-11-21-12-8-19-16(21)25/h1-12H2,(H,17,22)(H,18,23)(H,19,25). The first-order valence-corrected chi connectivity index (χ1v) is 8.90. The molecule has 2 fully saturated rings. The zero-order valence-electron chi connectivity index (χ0n) is 14.5. The molecule has 2 rings (SSSR count). The lowest BCUT2D eigenvalue weighted by molar-refractivity contribution is -0.128. The minimum absolute atomic E-state index is 0.0958. The van der Waals surface area contributed by atoms with E-state index < -0.39 is 0 Å². The largest absolute Gasteiger partial charge is 0.354 e. The highest BCUT2D eigenvalue weighted by molar-refractivity contribution is 5.79. The molecular weight excluding hydrogens is 326 g/mol. The summed E-state index contributed by atoms with van der Waals surface area (Å²) in [6.45, 7) is 4.00. The van der Waals surface area contributed by atoms with Crippen molar-refractivity contribution in [3.8, 4) is 0 Å². The van der Waals surface area contributed by atoms with Crippen LogP contribution in [-0.4, -0.2) is 79.4 Å². The quantitative estimate of drug-likeness (QED) is 0.469. The molecular formula is C16H27N5O4. The molecule has 0 aliphatic carbocycles. The molecule has 2 saturated heterocycles. The van der Waals surface area contributed by atoms with E-state index in [0.717, 1.165) is 13.0 Å². The number of carbonyl (C=O) groups excluding carboxylic acids is 4. The Labute approximate surface area is 147 Å². The molecule has 0 saturated carbocycles. The lowest BCUT2D eigenvalue weighted by Crippen LogP contribution is -2.37. The minimum atomic E-state index is -0.116. The normalized spacial score (nSPS) is 17.0. The fourth-order valence-electron chi connectivity index (χ4n) is 2.91. The first-order chi connectivity index (χ1) is 12.1. The van der Waals surface area contributed by atoms with Crippen molar-refractivity contribution >= 4 is 23.8 Å². The van der Waals surface area contributed by atoms with E-state index in [4.69, 9.17) is 0 Å². The van der Waals surface area contributed by atoms with Crippen LogP contribution < -0.4 is 16.0 Å². The molecule has 0 atom stereocenters. The Morgan fingerprint density at radius 1 is 0.960 bits per heavy atom. The van der Waals surface area contributed by atoms with Gasteiger partial charge in [-0.05, 0) is 12.8 Å². The van der Waals surface area contributed by atoms with Crippen LogP contribution >= 0.6 is 0 Å².